The van der Waals surface area contributed by atoms with Crippen LogP contribution in [0.25, 0.3) is 0 Å². The molecule has 0 atom stereocenters. The summed E-state index contributed by atoms with van der Waals surface area (Å²) in [6, 6.07) is 9.84. The molecular formula is C14H16O2. The molecule has 2 nitrogen and oxygen atoms in total. The van der Waals surface area contributed by atoms with Gasteiger partial charge in [-0.3, -0.25) is 4.79 Å². The van der Waals surface area contributed by atoms with E-state index in [-0.39, 0.29) is 0 Å². The summed E-state index contributed by atoms with van der Waals surface area (Å²) >= 11 is 0. The molecule has 0 radical (unpaired) electrons. The van der Waals surface area contributed by atoms with Crippen LogP contribution in [0, 0.1) is 20.8 Å². The van der Waals surface area contributed by atoms with Crippen molar-refractivity contribution in [2.45, 2.75) is 20.8 Å². The van der Waals surface area contributed by atoms with Crippen molar-refractivity contribution in [1.29, 1.82) is 0 Å². The first-order chi connectivity index (χ1) is 7.61. The molecule has 2 heteroatoms. The standard InChI is InChI=1S/C9H12.C5H4O2/c1-7-4-8(2)6-9(3)5-7;6-4-5-2-1-3-7-5/h4-6H,1-3H3;1-4H. The molecule has 1 heterocycles. The lowest BCUT2D eigenvalue weighted by molar-refractivity contribution is 0.110. The van der Waals surface area contributed by atoms with E-state index in [1.54, 1.807) is 12.1 Å². The van der Waals surface area contributed by atoms with E-state index in [1.807, 2.05) is 0 Å². The van der Waals surface area contributed by atoms with Gasteiger partial charge in [0.05, 0.1) is 6.26 Å². The monoisotopic (exact) mass is 216 g/mol. The zero-order valence-corrected chi connectivity index (χ0v) is 9.86. The lowest BCUT2D eigenvalue weighted by Crippen LogP contribution is -1.78. The fraction of sp³-hybridized carbons (Fsp3) is 0.214. The Balaban J connectivity index is 0.000000165. The number of hydrogen-bond donors (Lipinski definition) is 0. The summed E-state index contributed by atoms with van der Waals surface area (Å²) in [5.41, 5.74) is 4.06. The molecular weight excluding hydrogens is 200 g/mol. The zero-order valence-electron chi connectivity index (χ0n) is 9.86. The zero-order chi connectivity index (χ0) is 12.0. The van der Waals surface area contributed by atoms with Crippen LogP contribution < -0.4 is 0 Å². The quantitative estimate of drug-likeness (QED) is 0.680. The van der Waals surface area contributed by atoms with Crippen molar-refractivity contribution in [3.63, 3.8) is 0 Å². The highest BCUT2D eigenvalue weighted by Crippen LogP contribution is 2.06. The minimum absolute atomic E-state index is 0.375. The van der Waals surface area contributed by atoms with Crippen molar-refractivity contribution < 1.29 is 9.21 Å². The van der Waals surface area contributed by atoms with Crippen LogP contribution in [0.1, 0.15) is 27.2 Å². The van der Waals surface area contributed by atoms with Gasteiger partial charge in [-0.05, 0) is 32.9 Å². The summed E-state index contributed by atoms with van der Waals surface area (Å²) in [6.45, 7) is 6.38. The highest BCUT2D eigenvalue weighted by molar-refractivity contribution is 5.69. The summed E-state index contributed by atoms with van der Waals surface area (Å²) in [5.74, 6) is 0.375. The van der Waals surface area contributed by atoms with Crippen LogP contribution in [0.15, 0.2) is 41.0 Å². The smallest absolute Gasteiger partial charge is 0.185 e. The molecule has 2 rings (SSSR count). The average molecular weight is 216 g/mol. The summed E-state index contributed by atoms with van der Waals surface area (Å²) in [4.78, 5) is 9.77. The minimum Gasteiger partial charge on any atom is -0.462 e. The normalized spacial score (nSPS) is 9.19. The first-order valence-corrected chi connectivity index (χ1v) is 5.15. The van der Waals surface area contributed by atoms with E-state index in [9.17, 15) is 4.79 Å². The molecule has 0 N–H and O–H groups in total. The van der Waals surface area contributed by atoms with E-state index in [1.165, 1.54) is 23.0 Å². The summed E-state index contributed by atoms with van der Waals surface area (Å²) < 4.78 is 4.61. The topological polar surface area (TPSA) is 30.2 Å². The molecule has 0 aliphatic rings. The maximum atomic E-state index is 9.77. The highest BCUT2D eigenvalue weighted by Gasteiger charge is 1.87. The third-order valence-electron chi connectivity index (χ3n) is 2.03. The maximum Gasteiger partial charge on any atom is 0.185 e. The molecule has 84 valence electrons. The van der Waals surface area contributed by atoms with Gasteiger partial charge in [-0.15, -0.1) is 0 Å². The molecule has 2 aromatic rings. The van der Waals surface area contributed by atoms with Crippen molar-refractivity contribution in [3.8, 4) is 0 Å². The molecule has 0 fully saturated rings. The summed E-state index contributed by atoms with van der Waals surface area (Å²) in [6.07, 6.45) is 2.13. The lowest BCUT2D eigenvalue weighted by atomic mass is 10.1. The van der Waals surface area contributed by atoms with E-state index in [4.69, 9.17) is 0 Å². The van der Waals surface area contributed by atoms with Crippen LogP contribution in [0.5, 0.6) is 0 Å². The van der Waals surface area contributed by atoms with Crippen molar-refractivity contribution in [2.75, 3.05) is 0 Å². The second-order valence-electron chi connectivity index (χ2n) is 3.80. The number of aldehydes is 1. The van der Waals surface area contributed by atoms with Gasteiger partial charge in [0, 0.05) is 0 Å². The van der Waals surface area contributed by atoms with Crippen LogP contribution in [0.3, 0.4) is 0 Å². The number of carbonyl (C=O) groups is 1. The fourth-order valence-corrected chi connectivity index (χ4v) is 1.56. The fourth-order valence-electron chi connectivity index (χ4n) is 1.56. The number of aryl methyl sites for hydroxylation is 3. The van der Waals surface area contributed by atoms with Gasteiger partial charge < -0.3 is 4.42 Å². The van der Waals surface area contributed by atoms with E-state index in [2.05, 4.69) is 43.4 Å². The van der Waals surface area contributed by atoms with Gasteiger partial charge in [0.25, 0.3) is 0 Å². The van der Waals surface area contributed by atoms with E-state index in [0.717, 1.165) is 0 Å². The van der Waals surface area contributed by atoms with Crippen molar-refractivity contribution in [1.82, 2.24) is 0 Å². The molecule has 0 bridgehead atoms. The van der Waals surface area contributed by atoms with Crippen molar-refractivity contribution in [3.05, 3.63) is 59.0 Å². The van der Waals surface area contributed by atoms with Gasteiger partial charge in [0.2, 0.25) is 0 Å². The van der Waals surface area contributed by atoms with E-state index < -0.39 is 0 Å². The van der Waals surface area contributed by atoms with Crippen LogP contribution in [0.4, 0.5) is 0 Å². The van der Waals surface area contributed by atoms with Crippen LogP contribution >= 0.6 is 0 Å². The largest absolute Gasteiger partial charge is 0.462 e. The Bertz CT molecular complexity index is 391. The molecule has 0 aliphatic heterocycles. The minimum atomic E-state index is 0.375. The lowest BCUT2D eigenvalue weighted by Gasteiger charge is -1.96. The number of carbonyl (C=O) groups excluding carboxylic acids is 1. The Hall–Kier alpha value is -1.83. The van der Waals surface area contributed by atoms with Gasteiger partial charge in [-0.2, -0.15) is 0 Å². The average Bonchev–Trinajstić information content (AvgIpc) is 2.68. The molecule has 1 aromatic heterocycles. The SMILES string of the molecule is Cc1cc(C)cc(C)c1.O=Cc1ccco1. The molecule has 0 aliphatic carbocycles. The molecule has 0 saturated carbocycles. The first kappa shape index (κ1) is 12.2. The summed E-state index contributed by atoms with van der Waals surface area (Å²) in [7, 11) is 0. The molecule has 0 amide bonds. The van der Waals surface area contributed by atoms with E-state index in [0.29, 0.717) is 12.0 Å². The third kappa shape index (κ3) is 4.13. The predicted molar refractivity (Wildman–Crippen MR) is 64.7 cm³/mol. The Kier molecular flexibility index (Phi) is 4.52. The molecule has 0 spiro atoms. The number of hydrogen-bond acceptors (Lipinski definition) is 2. The Morgan fingerprint density at radius 2 is 1.50 bits per heavy atom. The van der Waals surface area contributed by atoms with Gasteiger partial charge in [-0.25, -0.2) is 0 Å². The van der Waals surface area contributed by atoms with Crippen molar-refractivity contribution >= 4 is 6.29 Å². The second-order valence-corrected chi connectivity index (χ2v) is 3.80. The number of rotatable bonds is 1. The van der Waals surface area contributed by atoms with Crippen LogP contribution in [-0.2, 0) is 0 Å². The highest BCUT2D eigenvalue weighted by atomic mass is 16.3. The van der Waals surface area contributed by atoms with Gasteiger partial charge in [0.15, 0.2) is 12.0 Å². The second kappa shape index (κ2) is 5.91. The molecule has 16 heavy (non-hydrogen) atoms. The maximum absolute atomic E-state index is 9.77. The molecule has 1 aromatic carbocycles. The first-order valence-electron chi connectivity index (χ1n) is 5.15. The van der Waals surface area contributed by atoms with Crippen LogP contribution in [-0.4, -0.2) is 6.29 Å². The Labute approximate surface area is 95.9 Å². The number of benzene rings is 1. The van der Waals surface area contributed by atoms with Gasteiger partial charge in [-0.1, -0.05) is 34.9 Å². The molecule has 0 saturated heterocycles. The summed E-state index contributed by atoms with van der Waals surface area (Å²) in [5, 5.41) is 0. The van der Waals surface area contributed by atoms with Gasteiger partial charge in [0.1, 0.15) is 0 Å². The van der Waals surface area contributed by atoms with Crippen LogP contribution in [0.2, 0.25) is 0 Å². The van der Waals surface area contributed by atoms with Crippen molar-refractivity contribution in [2.24, 2.45) is 0 Å². The van der Waals surface area contributed by atoms with E-state index >= 15 is 0 Å². The number of furan rings is 1. The Morgan fingerprint density at radius 1 is 1.00 bits per heavy atom. The third-order valence-corrected chi connectivity index (χ3v) is 2.03. The van der Waals surface area contributed by atoms with Gasteiger partial charge >= 0.3 is 0 Å². The Morgan fingerprint density at radius 3 is 1.75 bits per heavy atom. The molecule has 0 unspecified atom stereocenters. The predicted octanol–water partition coefficient (Wildman–Crippen LogP) is 3.70.